The predicted molar refractivity (Wildman–Crippen MR) is 71.7 cm³/mol. The maximum atomic E-state index is 13.0. The molecule has 0 spiro atoms. The summed E-state index contributed by atoms with van der Waals surface area (Å²) in [6, 6.07) is 3.42. The van der Waals surface area contributed by atoms with Gasteiger partial charge in [0.05, 0.1) is 0 Å². The zero-order valence-electron chi connectivity index (χ0n) is 10.5. The molecule has 104 valence electrons. The molecule has 7 heteroatoms. The lowest BCUT2D eigenvalue weighted by Crippen LogP contribution is -2.27. The largest absolute Gasteiger partial charge is 0.311 e. The number of hydrogen-bond acceptors (Lipinski definition) is 3. The average molecular weight is 306 g/mol. The monoisotopic (exact) mass is 305 g/mol. The van der Waals surface area contributed by atoms with Crippen LogP contribution in [-0.2, 0) is 15.0 Å². The molecule has 1 saturated heterocycles. The molecule has 4 nitrogen and oxygen atoms in total. The standard InChI is InChI=1S/C12H13ClFNO3S/c1-7-4-11(8(2)3-10(7)13)15-6-9(5-12(15)16)19(14,17)18/h3-4,9H,5-6H2,1-2H3. The summed E-state index contributed by atoms with van der Waals surface area (Å²) < 4.78 is 34.8. The molecule has 0 aromatic heterocycles. The Morgan fingerprint density at radius 2 is 1.95 bits per heavy atom. The summed E-state index contributed by atoms with van der Waals surface area (Å²) in [7, 11) is -4.70. The van der Waals surface area contributed by atoms with E-state index in [-0.39, 0.29) is 13.0 Å². The second-order valence-electron chi connectivity index (χ2n) is 4.69. The molecular formula is C12H13ClFNO3S. The van der Waals surface area contributed by atoms with E-state index < -0.39 is 21.4 Å². The van der Waals surface area contributed by atoms with E-state index in [4.69, 9.17) is 11.6 Å². The van der Waals surface area contributed by atoms with E-state index in [0.717, 1.165) is 11.1 Å². The van der Waals surface area contributed by atoms with Crippen LogP contribution in [-0.4, -0.2) is 26.1 Å². The lowest BCUT2D eigenvalue weighted by atomic mass is 10.1. The van der Waals surface area contributed by atoms with E-state index >= 15 is 0 Å². The van der Waals surface area contributed by atoms with Crippen LogP contribution in [0.1, 0.15) is 17.5 Å². The lowest BCUT2D eigenvalue weighted by molar-refractivity contribution is -0.117. The van der Waals surface area contributed by atoms with Crippen molar-refractivity contribution in [3.63, 3.8) is 0 Å². The number of aryl methyl sites for hydroxylation is 2. The topological polar surface area (TPSA) is 54.5 Å². The summed E-state index contributed by atoms with van der Waals surface area (Å²) in [4.78, 5) is 13.1. The van der Waals surface area contributed by atoms with Crippen LogP contribution in [0.3, 0.4) is 0 Å². The average Bonchev–Trinajstić information content (AvgIpc) is 2.65. The van der Waals surface area contributed by atoms with E-state index in [2.05, 4.69) is 0 Å². The molecule has 1 aromatic carbocycles. The van der Waals surface area contributed by atoms with Gasteiger partial charge in [-0.3, -0.25) is 4.79 Å². The highest BCUT2D eigenvalue weighted by molar-refractivity contribution is 7.87. The Morgan fingerprint density at radius 3 is 2.47 bits per heavy atom. The molecular weight excluding hydrogens is 293 g/mol. The number of carbonyl (C=O) groups is 1. The molecule has 0 radical (unpaired) electrons. The molecule has 1 amide bonds. The van der Waals surface area contributed by atoms with E-state index in [1.807, 2.05) is 0 Å². The number of rotatable bonds is 2. The van der Waals surface area contributed by atoms with Crippen molar-refractivity contribution in [3.8, 4) is 0 Å². The first kappa shape index (κ1) is 14.3. The first-order valence-electron chi connectivity index (χ1n) is 5.70. The Morgan fingerprint density at radius 1 is 1.32 bits per heavy atom. The van der Waals surface area contributed by atoms with Gasteiger partial charge in [0.2, 0.25) is 5.91 Å². The number of amides is 1. The molecule has 19 heavy (non-hydrogen) atoms. The molecule has 1 aromatic rings. The van der Waals surface area contributed by atoms with Crippen molar-refractivity contribution < 1.29 is 17.1 Å². The lowest BCUT2D eigenvalue weighted by Gasteiger charge is -2.19. The first-order chi connectivity index (χ1) is 8.70. The fourth-order valence-electron chi connectivity index (χ4n) is 2.15. The minimum Gasteiger partial charge on any atom is -0.311 e. The number of nitrogens with zero attached hydrogens (tertiary/aromatic N) is 1. The third-order valence-electron chi connectivity index (χ3n) is 3.26. The van der Waals surface area contributed by atoms with Crippen molar-refractivity contribution in [2.45, 2.75) is 25.5 Å². The second-order valence-corrected chi connectivity index (χ2v) is 6.72. The molecule has 1 atom stereocenters. The van der Waals surface area contributed by atoms with Crippen LogP contribution >= 0.6 is 11.6 Å². The fraction of sp³-hybridized carbons (Fsp3) is 0.417. The second kappa shape index (κ2) is 4.76. The minimum absolute atomic E-state index is 0.153. The zero-order chi connectivity index (χ0) is 14.4. The molecule has 0 N–H and O–H groups in total. The molecule has 1 aliphatic rings. The zero-order valence-corrected chi connectivity index (χ0v) is 12.1. The Kier molecular flexibility index (Phi) is 3.57. The van der Waals surface area contributed by atoms with Crippen LogP contribution in [0, 0.1) is 13.8 Å². The fourth-order valence-corrected chi connectivity index (χ4v) is 3.04. The van der Waals surface area contributed by atoms with Crippen LogP contribution in [0.15, 0.2) is 12.1 Å². The van der Waals surface area contributed by atoms with Crippen molar-refractivity contribution in [2.75, 3.05) is 11.4 Å². The van der Waals surface area contributed by atoms with Gasteiger partial charge in [-0.1, -0.05) is 11.6 Å². The van der Waals surface area contributed by atoms with Gasteiger partial charge >= 0.3 is 10.2 Å². The molecule has 1 aliphatic heterocycles. The van der Waals surface area contributed by atoms with E-state index in [0.29, 0.717) is 10.7 Å². The Hall–Kier alpha value is -1.14. The van der Waals surface area contributed by atoms with Gasteiger partial charge in [-0.2, -0.15) is 8.42 Å². The van der Waals surface area contributed by atoms with Gasteiger partial charge in [-0.05, 0) is 37.1 Å². The number of benzene rings is 1. The van der Waals surface area contributed by atoms with E-state index in [9.17, 15) is 17.1 Å². The predicted octanol–water partition coefficient (Wildman–Crippen LogP) is 2.36. The highest BCUT2D eigenvalue weighted by atomic mass is 35.5. The maximum absolute atomic E-state index is 13.0. The highest BCUT2D eigenvalue weighted by Crippen LogP contribution is 2.31. The summed E-state index contributed by atoms with van der Waals surface area (Å²) in [6.07, 6.45) is -0.319. The highest BCUT2D eigenvalue weighted by Gasteiger charge is 2.39. The van der Waals surface area contributed by atoms with Crippen molar-refractivity contribution in [2.24, 2.45) is 0 Å². The number of carbonyl (C=O) groups excluding carboxylic acids is 1. The quantitative estimate of drug-likeness (QED) is 0.788. The summed E-state index contributed by atoms with van der Waals surface area (Å²) >= 11 is 5.97. The SMILES string of the molecule is Cc1cc(N2CC(S(=O)(=O)F)CC2=O)c(C)cc1Cl. The van der Waals surface area contributed by atoms with Gasteiger partial charge in [-0.15, -0.1) is 3.89 Å². The third-order valence-corrected chi connectivity index (χ3v) is 4.77. The molecule has 1 fully saturated rings. The van der Waals surface area contributed by atoms with Gasteiger partial charge < -0.3 is 4.90 Å². The number of halogens is 2. The van der Waals surface area contributed by atoms with Gasteiger partial charge in [0.25, 0.3) is 0 Å². The first-order valence-corrected chi connectivity index (χ1v) is 7.53. The normalized spacial score (nSPS) is 20.1. The Bertz CT molecular complexity index is 645. The van der Waals surface area contributed by atoms with Gasteiger partial charge in [-0.25, -0.2) is 0 Å². The molecule has 0 saturated carbocycles. The maximum Gasteiger partial charge on any atom is 0.307 e. The summed E-state index contributed by atoms with van der Waals surface area (Å²) in [6.45, 7) is 3.40. The molecule has 1 unspecified atom stereocenters. The van der Waals surface area contributed by atoms with Crippen molar-refractivity contribution >= 4 is 33.4 Å². The minimum atomic E-state index is -4.70. The van der Waals surface area contributed by atoms with Crippen LogP contribution in [0.5, 0.6) is 0 Å². The Balaban J connectivity index is 2.39. The van der Waals surface area contributed by atoms with E-state index in [1.54, 1.807) is 26.0 Å². The number of hydrogen-bond donors (Lipinski definition) is 0. The van der Waals surface area contributed by atoms with Gasteiger partial charge in [0.1, 0.15) is 5.25 Å². The van der Waals surface area contributed by atoms with Crippen molar-refractivity contribution in [1.82, 2.24) is 0 Å². The van der Waals surface area contributed by atoms with E-state index in [1.165, 1.54) is 4.90 Å². The van der Waals surface area contributed by atoms with Crippen LogP contribution < -0.4 is 4.90 Å². The number of anilines is 1. The third kappa shape index (κ3) is 2.74. The van der Waals surface area contributed by atoms with Crippen molar-refractivity contribution in [1.29, 1.82) is 0 Å². The van der Waals surface area contributed by atoms with Gasteiger partial charge in [0, 0.05) is 23.7 Å². The molecule has 1 heterocycles. The smallest absolute Gasteiger partial charge is 0.307 e. The van der Waals surface area contributed by atoms with Crippen LogP contribution in [0.25, 0.3) is 0 Å². The van der Waals surface area contributed by atoms with Crippen molar-refractivity contribution in [3.05, 3.63) is 28.3 Å². The molecule has 0 bridgehead atoms. The molecule has 0 aliphatic carbocycles. The summed E-state index contributed by atoms with van der Waals surface area (Å²) in [5, 5.41) is -0.710. The summed E-state index contributed by atoms with van der Waals surface area (Å²) in [5.74, 6) is -0.393. The Labute approximate surface area is 116 Å². The molecule has 2 rings (SSSR count). The van der Waals surface area contributed by atoms with Crippen LogP contribution in [0.4, 0.5) is 9.57 Å². The van der Waals surface area contributed by atoms with Crippen LogP contribution in [0.2, 0.25) is 5.02 Å². The summed E-state index contributed by atoms with van der Waals surface area (Å²) in [5.41, 5.74) is 2.11. The van der Waals surface area contributed by atoms with Gasteiger partial charge in [0.15, 0.2) is 0 Å².